The SMILES string of the molecule is CN(C(=O)c1ccc(NC(=O)C2CC2)cc1)c1cccnc1. The molecule has 112 valence electrons. The molecule has 5 heteroatoms. The number of carbonyl (C=O) groups is 2. The highest BCUT2D eigenvalue weighted by Crippen LogP contribution is 2.30. The predicted molar refractivity (Wildman–Crippen MR) is 84.8 cm³/mol. The zero-order chi connectivity index (χ0) is 15.5. The second kappa shape index (κ2) is 5.97. The molecule has 1 aromatic heterocycles. The van der Waals surface area contributed by atoms with Crippen molar-refractivity contribution in [2.24, 2.45) is 5.92 Å². The minimum Gasteiger partial charge on any atom is -0.326 e. The summed E-state index contributed by atoms with van der Waals surface area (Å²) in [6.07, 6.45) is 5.25. The fraction of sp³-hybridized carbons (Fsp3) is 0.235. The van der Waals surface area contributed by atoms with Crippen LogP contribution in [0, 0.1) is 5.92 Å². The summed E-state index contributed by atoms with van der Waals surface area (Å²) in [5.74, 6) is 0.109. The highest BCUT2D eigenvalue weighted by atomic mass is 16.2. The largest absolute Gasteiger partial charge is 0.326 e. The van der Waals surface area contributed by atoms with Crippen molar-refractivity contribution < 1.29 is 9.59 Å². The molecule has 1 aliphatic carbocycles. The topological polar surface area (TPSA) is 62.3 Å². The van der Waals surface area contributed by atoms with Crippen LogP contribution in [0.4, 0.5) is 11.4 Å². The Bertz CT molecular complexity index is 679. The molecule has 0 saturated heterocycles. The molecular weight excluding hydrogens is 278 g/mol. The van der Waals surface area contributed by atoms with Crippen molar-refractivity contribution in [1.29, 1.82) is 0 Å². The maximum atomic E-state index is 12.4. The average Bonchev–Trinajstić information content (AvgIpc) is 3.40. The second-order valence-corrected chi connectivity index (χ2v) is 5.42. The third-order valence-corrected chi connectivity index (χ3v) is 3.69. The van der Waals surface area contributed by atoms with E-state index in [-0.39, 0.29) is 17.7 Å². The summed E-state index contributed by atoms with van der Waals surface area (Å²) in [5.41, 5.74) is 2.02. The van der Waals surface area contributed by atoms with Gasteiger partial charge in [0.25, 0.3) is 5.91 Å². The zero-order valence-corrected chi connectivity index (χ0v) is 12.3. The molecule has 0 aliphatic heterocycles. The van der Waals surface area contributed by atoms with Gasteiger partial charge in [-0.25, -0.2) is 0 Å². The van der Waals surface area contributed by atoms with Crippen molar-refractivity contribution in [3.8, 4) is 0 Å². The van der Waals surface area contributed by atoms with Crippen LogP contribution >= 0.6 is 0 Å². The van der Waals surface area contributed by atoms with E-state index in [9.17, 15) is 9.59 Å². The summed E-state index contributed by atoms with van der Waals surface area (Å²) < 4.78 is 0. The van der Waals surface area contributed by atoms with E-state index >= 15 is 0 Å². The zero-order valence-electron chi connectivity index (χ0n) is 12.3. The number of rotatable bonds is 4. The lowest BCUT2D eigenvalue weighted by molar-refractivity contribution is -0.117. The van der Waals surface area contributed by atoms with Gasteiger partial charge in [-0.3, -0.25) is 14.6 Å². The Balaban J connectivity index is 1.69. The van der Waals surface area contributed by atoms with Gasteiger partial charge in [-0.2, -0.15) is 0 Å². The highest BCUT2D eigenvalue weighted by Gasteiger charge is 2.29. The Morgan fingerprint density at radius 3 is 2.50 bits per heavy atom. The Labute approximate surface area is 129 Å². The van der Waals surface area contributed by atoms with Crippen LogP contribution in [0.2, 0.25) is 0 Å². The number of benzene rings is 1. The van der Waals surface area contributed by atoms with Crippen molar-refractivity contribution >= 4 is 23.2 Å². The van der Waals surface area contributed by atoms with Gasteiger partial charge < -0.3 is 10.2 Å². The molecule has 1 aromatic carbocycles. The average molecular weight is 295 g/mol. The third-order valence-electron chi connectivity index (χ3n) is 3.69. The summed E-state index contributed by atoms with van der Waals surface area (Å²) in [6.45, 7) is 0. The Morgan fingerprint density at radius 1 is 1.18 bits per heavy atom. The fourth-order valence-corrected chi connectivity index (χ4v) is 2.15. The van der Waals surface area contributed by atoms with Crippen molar-refractivity contribution in [3.05, 3.63) is 54.4 Å². The molecule has 1 heterocycles. The minimum atomic E-state index is -0.118. The molecular formula is C17H17N3O2. The first-order valence-corrected chi connectivity index (χ1v) is 7.24. The molecule has 0 atom stereocenters. The van der Waals surface area contributed by atoms with Crippen LogP contribution in [0.1, 0.15) is 23.2 Å². The van der Waals surface area contributed by atoms with E-state index in [0.29, 0.717) is 5.56 Å². The van der Waals surface area contributed by atoms with Crippen LogP contribution in [-0.4, -0.2) is 23.8 Å². The quantitative estimate of drug-likeness (QED) is 0.943. The Kier molecular flexibility index (Phi) is 3.87. The van der Waals surface area contributed by atoms with E-state index in [1.54, 1.807) is 54.7 Å². The molecule has 5 nitrogen and oxygen atoms in total. The molecule has 0 unspecified atom stereocenters. The molecule has 0 bridgehead atoms. The van der Waals surface area contributed by atoms with E-state index in [0.717, 1.165) is 24.2 Å². The van der Waals surface area contributed by atoms with E-state index < -0.39 is 0 Å². The number of pyridine rings is 1. The first-order valence-electron chi connectivity index (χ1n) is 7.24. The number of anilines is 2. The van der Waals surface area contributed by atoms with E-state index in [2.05, 4.69) is 10.3 Å². The highest BCUT2D eigenvalue weighted by molar-refractivity contribution is 6.06. The van der Waals surface area contributed by atoms with Gasteiger partial charge in [0.2, 0.25) is 5.91 Å². The molecule has 1 saturated carbocycles. The van der Waals surface area contributed by atoms with Gasteiger partial charge in [-0.05, 0) is 49.2 Å². The summed E-state index contributed by atoms with van der Waals surface area (Å²) in [6, 6.07) is 10.6. The van der Waals surface area contributed by atoms with Gasteiger partial charge in [0, 0.05) is 30.4 Å². The molecule has 0 radical (unpaired) electrons. The Hall–Kier alpha value is -2.69. The summed E-state index contributed by atoms with van der Waals surface area (Å²) in [7, 11) is 1.71. The number of hydrogen-bond donors (Lipinski definition) is 1. The standard InChI is InChI=1S/C17H17N3O2/c1-20(15-3-2-10-18-11-15)17(22)13-6-8-14(9-7-13)19-16(21)12-4-5-12/h2-3,6-12H,4-5H2,1H3,(H,19,21). The Morgan fingerprint density at radius 2 is 1.91 bits per heavy atom. The lowest BCUT2D eigenvalue weighted by Gasteiger charge is -2.17. The number of hydrogen-bond acceptors (Lipinski definition) is 3. The maximum Gasteiger partial charge on any atom is 0.258 e. The number of aromatic nitrogens is 1. The number of carbonyl (C=O) groups excluding carboxylic acids is 2. The third kappa shape index (κ3) is 3.14. The van der Waals surface area contributed by atoms with Crippen molar-refractivity contribution in [2.75, 3.05) is 17.3 Å². The van der Waals surface area contributed by atoms with Gasteiger partial charge in [-0.1, -0.05) is 0 Å². The van der Waals surface area contributed by atoms with Crippen LogP contribution in [0.3, 0.4) is 0 Å². The van der Waals surface area contributed by atoms with Crippen LogP contribution in [0.25, 0.3) is 0 Å². The van der Waals surface area contributed by atoms with E-state index in [4.69, 9.17) is 0 Å². The van der Waals surface area contributed by atoms with Crippen molar-refractivity contribution in [2.45, 2.75) is 12.8 Å². The maximum absolute atomic E-state index is 12.4. The lowest BCUT2D eigenvalue weighted by atomic mass is 10.1. The second-order valence-electron chi connectivity index (χ2n) is 5.42. The molecule has 1 aliphatic rings. The van der Waals surface area contributed by atoms with Gasteiger partial charge in [0.1, 0.15) is 0 Å². The number of amides is 2. The molecule has 1 fully saturated rings. The monoisotopic (exact) mass is 295 g/mol. The molecule has 3 rings (SSSR count). The fourth-order valence-electron chi connectivity index (χ4n) is 2.15. The normalized spacial score (nSPS) is 13.5. The first-order chi connectivity index (χ1) is 10.6. The predicted octanol–water partition coefficient (Wildman–Crippen LogP) is 2.71. The van der Waals surface area contributed by atoms with Crippen LogP contribution < -0.4 is 10.2 Å². The molecule has 2 aromatic rings. The summed E-state index contributed by atoms with van der Waals surface area (Å²) in [5, 5.41) is 2.86. The van der Waals surface area contributed by atoms with Gasteiger partial charge in [0.05, 0.1) is 11.9 Å². The first kappa shape index (κ1) is 14.3. The number of nitrogens with zero attached hydrogens (tertiary/aromatic N) is 2. The number of nitrogens with one attached hydrogen (secondary N) is 1. The molecule has 1 N–H and O–H groups in total. The van der Waals surface area contributed by atoms with Crippen LogP contribution in [0.5, 0.6) is 0 Å². The van der Waals surface area contributed by atoms with Crippen LogP contribution in [-0.2, 0) is 4.79 Å². The van der Waals surface area contributed by atoms with Gasteiger partial charge in [-0.15, -0.1) is 0 Å². The van der Waals surface area contributed by atoms with Gasteiger partial charge >= 0.3 is 0 Å². The van der Waals surface area contributed by atoms with Crippen LogP contribution in [0.15, 0.2) is 48.8 Å². The van der Waals surface area contributed by atoms with Crippen molar-refractivity contribution in [1.82, 2.24) is 4.98 Å². The van der Waals surface area contributed by atoms with Gasteiger partial charge in [0.15, 0.2) is 0 Å². The molecule has 22 heavy (non-hydrogen) atoms. The molecule has 0 spiro atoms. The van der Waals surface area contributed by atoms with Crippen molar-refractivity contribution in [3.63, 3.8) is 0 Å². The van der Waals surface area contributed by atoms with E-state index in [1.807, 2.05) is 6.07 Å². The van der Waals surface area contributed by atoms with E-state index in [1.165, 1.54) is 0 Å². The smallest absolute Gasteiger partial charge is 0.258 e. The minimum absolute atomic E-state index is 0.0616. The summed E-state index contributed by atoms with van der Waals surface area (Å²) in [4.78, 5) is 29.7. The summed E-state index contributed by atoms with van der Waals surface area (Å²) >= 11 is 0. The molecule has 2 amide bonds. The lowest BCUT2D eigenvalue weighted by Crippen LogP contribution is -2.26.